The van der Waals surface area contributed by atoms with Gasteiger partial charge in [0.25, 0.3) is 0 Å². The Balaban J connectivity index is 1.94. The van der Waals surface area contributed by atoms with Crippen LogP contribution in [0.1, 0.15) is 45.4 Å². The Morgan fingerprint density at radius 3 is 2.36 bits per heavy atom. The minimum atomic E-state index is 0.0556. The predicted molar refractivity (Wildman–Crippen MR) is 56.0 cm³/mol. The van der Waals surface area contributed by atoms with E-state index in [0.29, 0.717) is 0 Å². The molecule has 2 atom stereocenters. The SMILES string of the molecule is CCC12CC3CC(C1)CC(NC)(C3)O2. The maximum Gasteiger partial charge on any atom is 0.120 e. The summed E-state index contributed by atoms with van der Waals surface area (Å²) in [4.78, 5) is 0. The van der Waals surface area contributed by atoms with E-state index in [1.54, 1.807) is 0 Å². The Morgan fingerprint density at radius 1 is 1.21 bits per heavy atom. The first-order valence-electron chi connectivity index (χ1n) is 6.08. The van der Waals surface area contributed by atoms with Gasteiger partial charge in [-0.25, -0.2) is 0 Å². The molecule has 0 amide bonds. The number of ether oxygens (including phenoxy) is 1. The largest absolute Gasteiger partial charge is 0.354 e. The van der Waals surface area contributed by atoms with E-state index in [9.17, 15) is 0 Å². The molecule has 0 aromatic rings. The molecule has 4 bridgehead atoms. The Labute approximate surface area is 86.4 Å². The van der Waals surface area contributed by atoms with Crippen LogP contribution < -0.4 is 5.32 Å². The molecule has 2 saturated carbocycles. The number of nitrogens with one attached hydrogen (secondary N) is 1. The highest BCUT2D eigenvalue weighted by atomic mass is 16.5. The molecule has 14 heavy (non-hydrogen) atoms. The molecular formula is C12H21NO. The van der Waals surface area contributed by atoms with Crippen LogP contribution in [-0.4, -0.2) is 18.4 Å². The highest BCUT2D eigenvalue weighted by molar-refractivity contribution is 5.06. The summed E-state index contributed by atoms with van der Waals surface area (Å²) in [5.41, 5.74) is 0.299. The fraction of sp³-hybridized carbons (Fsp3) is 1.00. The third-order valence-corrected chi connectivity index (χ3v) is 4.74. The van der Waals surface area contributed by atoms with Crippen molar-refractivity contribution in [2.45, 2.75) is 56.8 Å². The highest BCUT2D eigenvalue weighted by Crippen LogP contribution is 2.57. The van der Waals surface area contributed by atoms with Crippen molar-refractivity contribution in [1.29, 1.82) is 0 Å². The second-order valence-electron chi connectivity index (χ2n) is 5.67. The van der Waals surface area contributed by atoms with Crippen LogP contribution in [0.4, 0.5) is 0 Å². The molecule has 2 saturated heterocycles. The number of hydrogen-bond acceptors (Lipinski definition) is 2. The predicted octanol–water partition coefficient (Wildman–Crippen LogP) is 2.29. The van der Waals surface area contributed by atoms with E-state index < -0.39 is 0 Å². The van der Waals surface area contributed by atoms with E-state index in [1.807, 2.05) is 0 Å². The topological polar surface area (TPSA) is 21.3 Å². The van der Waals surface area contributed by atoms with Gasteiger partial charge in [0.15, 0.2) is 0 Å². The van der Waals surface area contributed by atoms with Crippen LogP contribution in [-0.2, 0) is 4.74 Å². The summed E-state index contributed by atoms with van der Waals surface area (Å²) in [5.74, 6) is 1.87. The number of hydrogen-bond donors (Lipinski definition) is 1. The molecule has 4 fully saturated rings. The van der Waals surface area contributed by atoms with E-state index in [-0.39, 0.29) is 11.3 Å². The fourth-order valence-electron chi connectivity index (χ4n) is 4.30. The first-order valence-corrected chi connectivity index (χ1v) is 6.08. The van der Waals surface area contributed by atoms with Gasteiger partial charge in [-0.2, -0.15) is 0 Å². The fourth-order valence-corrected chi connectivity index (χ4v) is 4.30. The minimum Gasteiger partial charge on any atom is -0.354 e. The van der Waals surface area contributed by atoms with Crippen molar-refractivity contribution in [3.63, 3.8) is 0 Å². The van der Waals surface area contributed by atoms with Crippen LogP contribution in [0.5, 0.6) is 0 Å². The summed E-state index contributed by atoms with van der Waals surface area (Å²) in [7, 11) is 2.07. The van der Waals surface area contributed by atoms with Crippen molar-refractivity contribution in [3.05, 3.63) is 0 Å². The van der Waals surface area contributed by atoms with Crippen molar-refractivity contribution >= 4 is 0 Å². The molecule has 0 spiro atoms. The standard InChI is InChI=1S/C12H21NO/c1-3-11-5-9-4-10(6-11)8-12(7-9,13-2)14-11/h9-10,13H,3-8H2,1-2H3. The normalized spacial score (nSPS) is 55.3. The summed E-state index contributed by atoms with van der Waals surface area (Å²) in [6.07, 6.45) is 7.81. The van der Waals surface area contributed by atoms with Gasteiger partial charge in [-0.05, 0) is 57.4 Å². The third-order valence-electron chi connectivity index (χ3n) is 4.74. The van der Waals surface area contributed by atoms with Gasteiger partial charge in [-0.1, -0.05) is 6.92 Å². The maximum atomic E-state index is 6.39. The molecule has 4 rings (SSSR count). The summed E-state index contributed by atoms with van der Waals surface area (Å²) >= 11 is 0. The first kappa shape index (κ1) is 9.17. The Morgan fingerprint density at radius 2 is 1.86 bits per heavy atom. The lowest BCUT2D eigenvalue weighted by atomic mass is 9.59. The second-order valence-corrected chi connectivity index (χ2v) is 5.67. The van der Waals surface area contributed by atoms with Crippen LogP contribution >= 0.6 is 0 Å². The van der Waals surface area contributed by atoms with Gasteiger partial charge >= 0.3 is 0 Å². The van der Waals surface area contributed by atoms with Gasteiger partial charge in [0.05, 0.1) is 5.60 Å². The molecule has 0 aromatic heterocycles. The molecule has 2 aliphatic heterocycles. The first-order chi connectivity index (χ1) is 6.69. The van der Waals surface area contributed by atoms with Crippen LogP contribution in [0.3, 0.4) is 0 Å². The molecule has 2 heteroatoms. The molecule has 0 radical (unpaired) electrons. The smallest absolute Gasteiger partial charge is 0.120 e. The van der Waals surface area contributed by atoms with Gasteiger partial charge in [0.2, 0.25) is 0 Å². The molecule has 2 aliphatic carbocycles. The maximum absolute atomic E-state index is 6.39. The van der Waals surface area contributed by atoms with E-state index >= 15 is 0 Å². The summed E-state index contributed by atoms with van der Waals surface area (Å²) in [6, 6.07) is 0. The molecule has 80 valence electrons. The Bertz CT molecular complexity index is 215. The zero-order valence-electron chi connectivity index (χ0n) is 9.31. The molecule has 4 aliphatic rings. The van der Waals surface area contributed by atoms with Crippen molar-refractivity contribution < 1.29 is 4.74 Å². The average molecular weight is 195 g/mol. The second kappa shape index (κ2) is 2.73. The average Bonchev–Trinajstić information content (AvgIpc) is 2.16. The lowest BCUT2D eigenvalue weighted by Crippen LogP contribution is -2.65. The molecular weight excluding hydrogens is 174 g/mol. The Kier molecular flexibility index (Phi) is 1.79. The summed E-state index contributed by atoms with van der Waals surface area (Å²) in [6.45, 7) is 2.29. The van der Waals surface area contributed by atoms with Crippen LogP contribution in [0.15, 0.2) is 0 Å². The van der Waals surface area contributed by atoms with Crippen molar-refractivity contribution in [1.82, 2.24) is 5.32 Å². The summed E-state index contributed by atoms with van der Waals surface area (Å²) < 4.78 is 6.39. The van der Waals surface area contributed by atoms with E-state index in [2.05, 4.69) is 19.3 Å². The van der Waals surface area contributed by atoms with Crippen molar-refractivity contribution in [2.75, 3.05) is 7.05 Å². The zero-order chi connectivity index (χ0) is 9.81. The van der Waals surface area contributed by atoms with Gasteiger partial charge in [-0.3, -0.25) is 5.32 Å². The third kappa shape index (κ3) is 1.10. The zero-order valence-corrected chi connectivity index (χ0v) is 9.31. The summed E-state index contributed by atoms with van der Waals surface area (Å²) in [5, 5.41) is 3.45. The Hall–Kier alpha value is -0.0800. The van der Waals surface area contributed by atoms with Gasteiger partial charge in [-0.15, -0.1) is 0 Å². The molecule has 2 nitrogen and oxygen atoms in total. The molecule has 1 N–H and O–H groups in total. The number of rotatable bonds is 2. The van der Waals surface area contributed by atoms with Crippen LogP contribution in [0.25, 0.3) is 0 Å². The quantitative estimate of drug-likeness (QED) is 0.730. The van der Waals surface area contributed by atoms with Crippen LogP contribution in [0, 0.1) is 11.8 Å². The van der Waals surface area contributed by atoms with Crippen molar-refractivity contribution in [2.24, 2.45) is 11.8 Å². The van der Waals surface area contributed by atoms with E-state index in [0.717, 1.165) is 11.8 Å². The molecule has 2 unspecified atom stereocenters. The van der Waals surface area contributed by atoms with E-state index in [1.165, 1.54) is 38.5 Å². The van der Waals surface area contributed by atoms with E-state index in [4.69, 9.17) is 4.74 Å². The van der Waals surface area contributed by atoms with Crippen molar-refractivity contribution in [3.8, 4) is 0 Å². The molecule has 0 aromatic carbocycles. The molecule has 2 heterocycles. The monoisotopic (exact) mass is 195 g/mol. The van der Waals surface area contributed by atoms with Gasteiger partial charge in [0.1, 0.15) is 5.72 Å². The lowest BCUT2D eigenvalue weighted by Gasteiger charge is -2.61. The highest BCUT2D eigenvalue weighted by Gasteiger charge is 2.57. The minimum absolute atomic E-state index is 0.0556. The lowest BCUT2D eigenvalue weighted by molar-refractivity contribution is -0.284. The van der Waals surface area contributed by atoms with Gasteiger partial charge < -0.3 is 4.74 Å². The van der Waals surface area contributed by atoms with Gasteiger partial charge in [0, 0.05) is 0 Å². The van der Waals surface area contributed by atoms with Crippen LogP contribution in [0.2, 0.25) is 0 Å².